The van der Waals surface area contributed by atoms with Crippen LogP contribution in [0, 0.1) is 12.3 Å². The molecule has 0 unspecified atom stereocenters. The molecule has 0 heterocycles. The number of carbonyl (C=O) groups excluding carboxylic acids is 1. The monoisotopic (exact) mass is 276 g/mol. The van der Waals surface area contributed by atoms with E-state index in [1.807, 2.05) is 39.0 Å². The lowest BCUT2D eigenvalue weighted by molar-refractivity contribution is 0.228. The first-order valence-corrected chi connectivity index (χ1v) is 6.99. The molecule has 0 aromatic heterocycles. The number of nitrogens with zero attached hydrogens (tertiary/aromatic N) is 2. The largest absolute Gasteiger partial charge is 0.370 e. The SMILES string of the molecule is CCc1cccc(C)c1N(CC)C(=O)N(CC)C(=N)N. The third-order valence-electron chi connectivity index (χ3n) is 3.36. The number of anilines is 1. The van der Waals surface area contributed by atoms with Crippen LogP contribution in [0.2, 0.25) is 0 Å². The fourth-order valence-electron chi connectivity index (χ4n) is 2.33. The molecule has 5 nitrogen and oxygen atoms in total. The highest BCUT2D eigenvalue weighted by molar-refractivity contribution is 6.03. The van der Waals surface area contributed by atoms with Crippen LogP contribution < -0.4 is 10.6 Å². The Morgan fingerprint density at radius 3 is 2.35 bits per heavy atom. The van der Waals surface area contributed by atoms with Gasteiger partial charge in [0, 0.05) is 13.1 Å². The molecule has 3 N–H and O–H groups in total. The molecule has 0 atom stereocenters. The molecular weight excluding hydrogens is 252 g/mol. The maximum absolute atomic E-state index is 12.6. The maximum Gasteiger partial charge on any atom is 0.331 e. The Hall–Kier alpha value is -2.04. The summed E-state index contributed by atoms with van der Waals surface area (Å²) >= 11 is 0. The number of para-hydroxylation sites is 1. The second-order valence-corrected chi connectivity index (χ2v) is 4.59. The van der Waals surface area contributed by atoms with Gasteiger partial charge in [-0.1, -0.05) is 25.1 Å². The highest BCUT2D eigenvalue weighted by atomic mass is 16.2. The highest BCUT2D eigenvalue weighted by Crippen LogP contribution is 2.26. The van der Waals surface area contributed by atoms with Gasteiger partial charge in [-0.15, -0.1) is 0 Å². The van der Waals surface area contributed by atoms with Crippen LogP contribution in [0.4, 0.5) is 10.5 Å². The summed E-state index contributed by atoms with van der Waals surface area (Å²) in [6, 6.07) is 5.78. The molecule has 1 aromatic carbocycles. The fourth-order valence-corrected chi connectivity index (χ4v) is 2.33. The first-order valence-electron chi connectivity index (χ1n) is 6.99. The summed E-state index contributed by atoms with van der Waals surface area (Å²) in [5, 5.41) is 7.52. The van der Waals surface area contributed by atoms with E-state index >= 15 is 0 Å². The highest BCUT2D eigenvalue weighted by Gasteiger charge is 2.24. The number of hydrogen-bond acceptors (Lipinski definition) is 2. The summed E-state index contributed by atoms with van der Waals surface area (Å²) in [5.41, 5.74) is 8.60. The summed E-state index contributed by atoms with van der Waals surface area (Å²) in [5.74, 6) is -0.220. The molecule has 110 valence electrons. The molecule has 0 radical (unpaired) electrons. The van der Waals surface area contributed by atoms with Crippen molar-refractivity contribution in [3.8, 4) is 0 Å². The molecule has 1 rings (SSSR count). The quantitative estimate of drug-likeness (QED) is 0.655. The van der Waals surface area contributed by atoms with E-state index in [4.69, 9.17) is 11.1 Å². The molecule has 2 amide bonds. The number of nitrogens with one attached hydrogen (secondary N) is 1. The van der Waals surface area contributed by atoms with E-state index in [9.17, 15) is 4.79 Å². The summed E-state index contributed by atoms with van der Waals surface area (Å²) in [7, 11) is 0. The lowest BCUT2D eigenvalue weighted by Gasteiger charge is -2.30. The number of hydrogen-bond donors (Lipinski definition) is 2. The number of aryl methyl sites for hydroxylation is 2. The fraction of sp³-hybridized carbons (Fsp3) is 0.467. The standard InChI is InChI=1S/C15H24N4O/c1-5-12-10-8-9-11(4)13(12)18(6-2)15(20)19(7-3)14(16)17/h8-10H,5-7H2,1-4H3,(H3,16,17). The smallest absolute Gasteiger partial charge is 0.331 e. The Morgan fingerprint density at radius 1 is 1.25 bits per heavy atom. The Kier molecular flexibility index (Phi) is 5.55. The van der Waals surface area contributed by atoms with E-state index in [1.54, 1.807) is 4.90 Å². The summed E-state index contributed by atoms with van der Waals surface area (Å²) < 4.78 is 0. The van der Waals surface area contributed by atoms with Crippen molar-refractivity contribution in [3.63, 3.8) is 0 Å². The summed E-state index contributed by atoms with van der Waals surface area (Å²) in [4.78, 5) is 15.6. The molecule has 1 aromatic rings. The van der Waals surface area contributed by atoms with Crippen LogP contribution in [0.1, 0.15) is 31.9 Å². The van der Waals surface area contributed by atoms with Crippen LogP contribution in [-0.4, -0.2) is 30.0 Å². The number of carbonyl (C=O) groups is 1. The second kappa shape index (κ2) is 6.93. The Bertz CT molecular complexity index is 499. The summed E-state index contributed by atoms with van der Waals surface area (Å²) in [6.45, 7) is 8.73. The first-order chi connectivity index (χ1) is 9.47. The maximum atomic E-state index is 12.6. The zero-order chi connectivity index (χ0) is 15.3. The van der Waals surface area contributed by atoms with E-state index in [0.717, 1.165) is 23.2 Å². The lowest BCUT2D eigenvalue weighted by atomic mass is 10.0. The van der Waals surface area contributed by atoms with Gasteiger partial charge in [-0.2, -0.15) is 0 Å². The number of rotatable bonds is 4. The van der Waals surface area contributed by atoms with Gasteiger partial charge in [-0.05, 0) is 38.3 Å². The number of guanidine groups is 1. The van der Waals surface area contributed by atoms with Crippen molar-refractivity contribution in [2.24, 2.45) is 5.73 Å². The van der Waals surface area contributed by atoms with Crippen molar-refractivity contribution in [2.45, 2.75) is 34.1 Å². The van der Waals surface area contributed by atoms with Gasteiger partial charge < -0.3 is 5.73 Å². The minimum atomic E-state index is -0.244. The predicted octanol–water partition coefficient (Wildman–Crippen LogP) is 2.72. The number of urea groups is 1. The van der Waals surface area contributed by atoms with Crippen LogP contribution in [0.15, 0.2) is 18.2 Å². The molecule has 20 heavy (non-hydrogen) atoms. The topological polar surface area (TPSA) is 73.4 Å². The third kappa shape index (κ3) is 3.10. The second-order valence-electron chi connectivity index (χ2n) is 4.59. The van der Waals surface area contributed by atoms with E-state index in [0.29, 0.717) is 13.1 Å². The van der Waals surface area contributed by atoms with Crippen molar-refractivity contribution < 1.29 is 4.79 Å². The normalized spacial score (nSPS) is 10.2. The van der Waals surface area contributed by atoms with Gasteiger partial charge in [-0.25, -0.2) is 4.79 Å². The molecule has 0 saturated carbocycles. The van der Waals surface area contributed by atoms with Crippen molar-refractivity contribution in [1.29, 1.82) is 5.41 Å². The van der Waals surface area contributed by atoms with Crippen LogP contribution in [0.25, 0.3) is 0 Å². The van der Waals surface area contributed by atoms with E-state index in [2.05, 4.69) is 6.92 Å². The molecular formula is C15H24N4O. The van der Waals surface area contributed by atoms with Crippen LogP contribution in [-0.2, 0) is 6.42 Å². The van der Waals surface area contributed by atoms with Crippen molar-refractivity contribution in [1.82, 2.24) is 4.90 Å². The van der Waals surface area contributed by atoms with E-state index in [-0.39, 0.29) is 12.0 Å². The molecule has 0 spiro atoms. The van der Waals surface area contributed by atoms with Crippen LogP contribution in [0.3, 0.4) is 0 Å². The third-order valence-corrected chi connectivity index (χ3v) is 3.36. The van der Waals surface area contributed by atoms with Crippen molar-refractivity contribution >= 4 is 17.7 Å². The molecule has 5 heteroatoms. The van der Waals surface area contributed by atoms with Crippen LogP contribution in [0.5, 0.6) is 0 Å². The molecule has 0 bridgehead atoms. The molecule has 0 aliphatic rings. The van der Waals surface area contributed by atoms with E-state index in [1.165, 1.54) is 4.90 Å². The van der Waals surface area contributed by atoms with Gasteiger partial charge in [0.05, 0.1) is 5.69 Å². The number of amides is 2. The van der Waals surface area contributed by atoms with Gasteiger partial charge in [-0.3, -0.25) is 15.2 Å². The first kappa shape index (κ1) is 16.0. The zero-order valence-corrected chi connectivity index (χ0v) is 12.7. The average molecular weight is 276 g/mol. The molecule has 0 aliphatic carbocycles. The lowest BCUT2D eigenvalue weighted by Crippen LogP contribution is -2.49. The Morgan fingerprint density at radius 2 is 1.90 bits per heavy atom. The minimum absolute atomic E-state index is 0.220. The number of nitrogens with two attached hydrogens (primary N) is 1. The Labute approximate surface area is 120 Å². The van der Waals surface area contributed by atoms with Gasteiger partial charge in [0.25, 0.3) is 0 Å². The van der Waals surface area contributed by atoms with Gasteiger partial charge in [0.1, 0.15) is 0 Å². The van der Waals surface area contributed by atoms with Gasteiger partial charge >= 0.3 is 6.03 Å². The zero-order valence-electron chi connectivity index (χ0n) is 12.7. The van der Waals surface area contributed by atoms with E-state index < -0.39 is 0 Å². The van der Waals surface area contributed by atoms with Crippen LogP contribution >= 0.6 is 0 Å². The molecule has 0 saturated heterocycles. The molecule has 0 fully saturated rings. The number of benzene rings is 1. The van der Waals surface area contributed by atoms with Gasteiger partial charge in [0.2, 0.25) is 0 Å². The molecule has 0 aliphatic heterocycles. The van der Waals surface area contributed by atoms with Crippen molar-refractivity contribution in [2.75, 3.05) is 18.0 Å². The predicted molar refractivity (Wildman–Crippen MR) is 83.3 cm³/mol. The Balaban J connectivity index is 3.26. The average Bonchev–Trinajstić information content (AvgIpc) is 2.41. The van der Waals surface area contributed by atoms with Gasteiger partial charge in [0.15, 0.2) is 5.96 Å². The minimum Gasteiger partial charge on any atom is -0.370 e. The summed E-state index contributed by atoms with van der Waals surface area (Å²) in [6.07, 6.45) is 0.854. The van der Waals surface area contributed by atoms with Crippen molar-refractivity contribution in [3.05, 3.63) is 29.3 Å².